The molecule has 0 aromatic carbocycles. The number of rotatable bonds is 37. The van der Waals surface area contributed by atoms with Gasteiger partial charge in [-0.05, 0) is 32.4 Å². The van der Waals surface area contributed by atoms with Crippen molar-refractivity contribution in [2.24, 2.45) is 0 Å². The molecular weight excluding hydrogens is 566 g/mol. The van der Waals surface area contributed by atoms with Gasteiger partial charge in [0.25, 0.3) is 0 Å². The van der Waals surface area contributed by atoms with Gasteiger partial charge in [-0.25, -0.2) is 0 Å². The maximum atomic E-state index is 5.80. The Morgan fingerprint density at radius 2 is 0.659 bits per heavy atom. The first-order chi connectivity index (χ1) is 21.9. The lowest BCUT2D eigenvalue weighted by Gasteiger charge is -2.22. The molecule has 0 unspecified atom stereocenters. The van der Waals surface area contributed by atoms with Crippen LogP contribution in [0, 0.1) is 0 Å². The molecule has 1 aliphatic heterocycles. The summed E-state index contributed by atoms with van der Waals surface area (Å²) in [5.74, 6) is 0. The number of ether oxygens (including phenoxy) is 9. The van der Waals surface area contributed by atoms with E-state index in [0.717, 1.165) is 39.0 Å². The Morgan fingerprint density at radius 1 is 0.364 bits per heavy atom. The molecule has 10 heteroatoms. The Labute approximate surface area is 269 Å². The van der Waals surface area contributed by atoms with Gasteiger partial charge in [0.15, 0.2) is 0 Å². The molecule has 1 fully saturated rings. The minimum Gasteiger partial charge on any atom is -0.379 e. The summed E-state index contributed by atoms with van der Waals surface area (Å²) in [5, 5.41) is 3.33. The Bertz CT molecular complexity index is 527. The van der Waals surface area contributed by atoms with E-state index in [2.05, 4.69) is 12.2 Å². The summed E-state index contributed by atoms with van der Waals surface area (Å²) >= 11 is 0. The highest BCUT2D eigenvalue weighted by atomic mass is 16.6. The zero-order chi connectivity index (χ0) is 31.3. The van der Waals surface area contributed by atoms with Crippen molar-refractivity contribution in [2.75, 3.05) is 125 Å². The molecule has 0 spiro atoms. The molecule has 0 aliphatic carbocycles. The second-order valence-corrected chi connectivity index (χ2v) is 11.3. The van der Waals surface area contributed by atoms with Crippen LogP contribution in [0.1, 0.15) is 90.4 Å². The van der Waals surface area contributed by atoms with Crippen LogP contribution in [0.4, 0.5) is 0 Å². The molecule has 1 aliphatic rings. The van der Waals surface area contributed by atoms with Crippen LogP contribution in [0.5, 0.6) is 0 Å². The van der Waals surface area contributed by atoms with Gasteiger partial charge in [-0.3, -0.25) is 0 Å². The van der Waals surface area contributed by atoms with Gasteiger partial charge in [0.1, 0.15) is 0 Å². The first-order valence-corrected chi connectivity index (χ1v) is 17.9. The molecule has 44 heavy (non-hydrogen) atoms. The van der Waals surface area contributed by atoms with E-state index in [9.17, 15) is 0 Å². The van der Waals surface area contributed by atoms with Gasteiger partial charge in [0.05, 0.1) is 112 Å². The summed E-state index contributed by atoms with van der Waals surface area (Å²) in [6, 6.07) is 0. The molecule has 0 amide bonds. The maximum absolute atomic E-state index is 5.80. The maximum Gasteiger partial charge on any atom is 0.0704 e. The fraction of sp³-hybridized carbons (Fsp3) is 1.00. The second kappa shape index (κ2) is 37.1. The summed E-state index contributed by atoms with van der Waals surface area (Å²) < 4.78 is 50.1. The van der Waals surface area contributed by atoms with Crippen molar-refractivity contribution in [3.63, 3.8) is 0 Å². The second-order valence-electron chi connectivity index (χ2n) is 11.3. The van der Waals surface area contributed by atoms with Crippen molar-refractivity contribution in [3.05, 3.63) is 0 Å². The highest BCUT2D eigenvalue weighted by Crippen LogP contribution is 2.11. The fourth-order valence-electron chi connectivity index (χ4n) is 4.75. The van der Waals surface area contributed by atoms with Gasteiger partial charge in [-0.1, -0.05) is 71.1 Å². The molecule has 0 atom stereocenters. The van der Waals surface area contributed by atoms with Crippen LogP contribution in [0.25, 0.3) is 0 Å². The molecule has 264 valence electrons. The highest BCUT2D eigenvalue weighted by Gasteiger charge is 2.12. The van der Waals surface area contributed by atoms with Gasteiger partial charge in [-0.15, -0.1) is 0 Å². The van der Waals surface area contributed by atoms with Gasteiger partial charge >= 0.3 is 0 Å². The minimum absolute atomic E-state index is 0.380. The molecule has 0 radical (unpaired) electrons. The van der Waals surface area contributed by atoms with E-state index < -0.39 is 0 Å². The van der Waals surface area contributed by atoms with Crippen LogP contribution in [0.3, 0.4) is 0 Å². The Kier molecular flexibility index (Phi) is 35.1. The van der Waals surface area contributed by atoms with Crippen LogP contribution in [-0.4, -0.2) is 132 Å². The van der Waals surface area contributed by atoms with E-state index in [1.165, 1.54) is 64.2 Å². The van der Waals surface area contributed by atoms with E-state index in [0.29, 0.717) is 112 Å². The normalized spacial score (nSPS) is 14.1. The smallest absolute Gasteiger partial charge is 0.0704 e. The topological polar surface area (TPSA) is 95.1 Å². The van der Waals surface area contributed by atoms with Crippen LogP contribution in [0.15, 0.2) is 0 Å². The number of hydrogen-bond donors (Lipinski definition) is 1. The van der Waals surface area contributed by atoms with Crippen molar-refractivity contribution >= 4 is 0 Å². The number of piperidine rings is 1. The third-order valence-electron chi connectivity index (χ3n) is 7.36. The van der Waals surface area contributed by atoms with Crippen LogP contribution in [0.2, 0.25) is 0 Å². The zero-order valence-corrected chi connectivity index (χ0v) is 28.4. The van der Waals surface area contributed by atoms with E-state index in [1.807, 2.05) is 0 Å². The molecule has 10 nitrogen and oxygen atoms in total. The number of unbranched alkanes of at least 4 members (excludes halogenated alkanes) is 10. The minimum atomic E-state index is 0.380. The first kappa shape index (κ1) is 41.6. The van der Waals surface area contributed by atoms with Crippen molar-refractivity contribution < 1.29 is 42.6 Å². The lowest BCUT2D eigenvalue weighted by atomic mass is 10.1. The van der Waals surface area contributed by atoms with Gasteiger partial charge in [-0.2, -0.15) is 0 Å². The molecule has 0 saturated carbocycles. The zero-order valence-electron chi connectivity index (χ0n) is 28.4. The Hall–Kier alpha value is -0.400. The first-order valence-electron chi connectivity index (χ1n) is 17.9. The standard InChI is InChI=1S/C34H69NO9/c1-2-3-4-5-6-7-8-9-10-11-12-17-36-18-19-37-20-21-38-22-23-39-24-25-40-26-27-41-28-29-42-30-31-43-32-33-44-34-13-15-35-16-14-34/h34-35H,2-33H2,1H3. The highest BCUT2D eigenvalue weighted by molar-refractivity contribution is 4.67. The van der Waals surface area contributed by atoms with Crippen molar-refractivity contribution in [2.45, 2.75) is 96.5 Å². The molecular formula is C34H69NO9. The molecule has 0 aromatic heterocycles. The van der Waals surface area contributed by atoms with E-state index in [4.69, 9.17) is 42.6 Å². The largest absolute Gasteiger partial charge is 0.379 e. The van der Waals surface area contributed by atoms with Crippen LogP contribution in [-0.2, 0) is 42.6 Å². The van der Waals surface area contributed by atoms with Gasteiger partial charge < -0.3 is 47.9 Å². The number of hydrogen-bond acceptors (Lipinski definition) is 10. The average molecular weight is 636 g/mol. The fourth-order valence-corrected chi connectivity index (χ4v) is 4.75. The molecule has 0 bridgehead atoms. The predicted octanol–water partition coefficient (Wildman–Crippen LogP) is 5.20. The van der Waals surface area contributed by atoms with E-state index in [1.54, 1.807) is 0 Å². The summed E-state index contributed by atoms with van der Waals surface area (Å²) in [6.07, 6.45) is 17.5. The summed E-state index contributed by atoms with van der Waals surface area (Å²) in [7, 11) is 0. The summed E-state index contributed by atoms with van der Waals surface area (Å²) in [5.41, 5.74) is 0. The van der Waals surface area contributed by atoms with E-state index in [-0.39, 0.29) is 0 Å². The monoisotopic (exact) mass is 635 g/mol. The van der Waals surface area contributed by atoms with Gasteiger partial charge in [0, 0.05) is 6.61 Å². The Morgan fingerprint density at radius 3 is 1.02 bits per heavy atom. The average Bonchev–Trinajstić information content (AvgIpc) is 3.05. The Balaban J connectivity index is 1.60. The molecule has 1 saturated heterocycles. The quantitative estimate of drug-likeness (QED) is 0.0919. The van der Waals surface area contributed by atoms with E-state index >= 15 is 0 Å². The molecule has 1 heterocycles. The predicted molar refractivity (Wildman–Crippen MR) is 175 cm³/mol. The molecule has 1 N–H and O–H groups in total. The van der Waals surface area contributed by atoms with Crippen molar-refractivity contribution in [1.29, 1.82) is 0 Å². The molecule has 0 aromatic rings. The lowest BCUT2D eigenvalue weighted by Crippen LogP contribution is -2.33. The third-order valence-corrected chi connectivity index (χ3v) is 7.36. The SMILES string of the molecule is CCCCCCCCCCCCCOCCOCCOCCOCCOCCOCCOCCOCCOC1CCNCC1. The lowest BCUT2D eigenvalue weighted by molar-refractivity contribution is -0.0318. The summed E-state index contributed by atoms with van der Waals surface area (Å²) in [6.45, 7) is 14.4. The third kappa shape index (κ3) is 33.0. The number of nitrogens with one attached hydrogen (secondary N) is 1. The summed E-state index contributed by atoms with van der Waals surface area (Å²) in [4.78, 5) is 0. The van der Waals surface area contributed by atoms with Gasteiger partial charge in [0.2, 0.25) is 0 Å². The van der Waals surface area contributed by atoms with Crippen LogP contribution >= 0.6 is 0 Å². The van der Waals surface area contributed by atoms with Crippen molar-refractivity contribution in [1.82, 2.24) is 5.32 Å². The molecule has 1 rings (SSSR count). The van der Waals surface area contributed by atoms with Crippen molar-refractivity contribution in [3.8, 4) is 0 Å². The van der Waals surface area contributed by atoms with Crippen LogP contribution < -0.4 is 5.32 Å².